The molecule has 4 rings (SSSR count). The number of rotatable bonds is 4. The molecule has 0 saturated heterocycles. The Bertz CT molecular complexity index is 1160. The minimum atomic E-state index is -0.0226. The number of aromatic nitrogens is 4. The van der Waals surface area contributed by atoms with Gasteiger partial charge in [-0.05, 0) is 49.5 Å². The average Bonchev–Trinajstić information content (AvgIpc) is 3.00. The minimum absolute atomic E-state index is 0.0226. The number of hydrogen-bond donors (Lipinski definition) is 2. The first-order valence-corrected chi connectivity index (χ1v) is 8.41. The fourth-order valence-electron chi connectivity index (χ4n) is 3.01. The lowest BCUT2D eigenvalue weighted by molar-refractivity contribution is 0.380. The lowest BCUT2D eigenvalue weighted by atomic mass is 10.0. The van der Waals surface area contributed by atoms with Crippen molar-refractivity contribution in [2.24, 2.45) is 0 Å². The van der Waals surface area contributed by atoms with Crippen LogP contribution in [0.3, 0.4) is 0 Å². The summed E-state index contributed by atoms with van der Waals surface area (Å²) in [6, 6.07) is 11.6. The smallest absolute Gasteiger partial charge is 0.261 e. The predicted molar refractivity (Wildman–Crippen MR) is 104 cm³/mol. The van der Waals surface area contributed by atoms with Crippen molar-refractivity contribution < 1.29 is 0 Å². The van der Waals surface area contributed by atoms with Crippen LogP contribution in [0.4, 0.5) is 5.95 Å². The van der Waals surface area contributed by atoms with Gasteiger partial charge in [-0.1, -0.05) is 12.1 Å². The van der Waals surface area contributed by atoms with Gasteiger partial charge in [-0.2, -0.15) is 0 Å². The number of fused-ring (bicyclic) bond motifs is 2. The fourth-order valence-corrected chi connectivity index (χ4v) is 3.01. The van der Waals surface area contributed by atoms with E-state index in [2.05, 4.69) is 15.0 Å². The monoisotopic (exact) mass is 348 g/mol. The van der Waals surface area contributed by atoms with Gasteiger partial charge in [-0.15, -0.1) is 0 Å². The van der Waals surface area contributed by atoms with E-state index < -0.39 is 0 Å². The van der Waals surface area contributed by atoms with Crippen LogP contribution in [0.15, 0.2) is 47.5 Å². The number of benzene rings is 2. The normalized spacial score (nSPS) is 11.7. The number of aromatic amines is 1. The van der Waals surface area contributed by atoms with E-state index in [1.54, 1.807) is 10.9 Å². The van der Waals surface area contributed by atoms with Crippen molar-refractivity contribution in [1.29, 1.82) is 0 Å². The molecule has 0 atom stereocenters. The summed E-state index contributed by atoms with van der Waals surface area (Å²) in [5.41, 5.74) is 10.0. The van der Waals surface area contributed by atoms with E-state index >= 15 is 0 Å². The molecular weight excluding hydrogens is 328 g/mol. The Hall–Kier alpha value is -3.19. The maximum absolute atomic E-state index is 12.8. The number of anilines is 1. The summed E-state index contributed by atoms with van der Waals surface area (Å²) >= 11 is 0. The maximum atomic E-state index is 12.8. The second kappa shape index (κ2) is 6.27. The number of imidazole rings is 1. The molecule has 0 unspecified atom stereocenters. The summed E-state index contributed by atoms with van der Waals surface area (Å²) in [6.45, 7) is 1.39. The van der Waals surface area contributed by atoms with Gasteiger partial charge in [-0.3, -0.25) is 9.36 Å². The van der Waals surface area contributed by atoms with E-state index in [9.17, 15) is 4.79 Å². The summed E-state index contributed by atoms with van der Waals surface area (Å²) in [5, 5.41) is 0.618. The van der Waals surface area contributed by atoms with Gasteiger partial charge in [0.05, 0.1) is 28.3 Å². The van der Waals surface area contributed by atoms with E-state index in [0.717, 1.165) is 28.7 Å². The van der Waals surface area contributed by atoms with Crippen LogP contribution >= 0.6 is 0 Å². The molecule has 2 heterocycles. The number of likely N-dealkylation sites (N-methyl/N-ethyl adjacent to an activating group) is 1. The molecule has 2 aromatic heterocycles. The van der Waals surface area contributed by atoms with Crippen LogP contribution in [0.25, 0.3) is 33.1 Å². The first-order chi connectivity index (χ1) is 12.5. The zero-order valence-corrected chi connectivity index (χ0v) is 14.7. The van der Waals surface area contributed by atoms with E-state index in [-0.39, 0.29) is 5.56 Å². The van der Waals surface area contributed by atoms with Crippen molar-refractivity contribution in [3.63, 3.8) is 0 Å². The summed E-state index contributed by atoms with van der Waals surface area (Å²) in [7, 11) is 3.96. The zero-order chi connectivity index (χ0) is 18.3. The third kappa shape index (κ3) is 2.93. The molecule has 4 aromatic rings. The van der Waals surface area contributed by atoms with Gasteiger partial charge in [0.15, 0.2) is 5.95 Å². The summed E-state index contributed by atoms with van der Waals surface area (Å²) < 4.78 is 1.66. The van der Waals surface area contributed by atoms with Crippen LogP contribution in [-0.4, -0.2) is 45.1 Å². The van der Waals surface area contributed by atoms with Crippen molar-refractivity contribution in [3.8, 4) is 11.1 Å². The van der Waals surface area contributed by atoms with Crippen molar-refractivity contribution in [3.05, 3.63) is 53.1 Å². The van der Waals surface area contributed by atoms with Crippen molar-refractivity contribution >= 4 is 27.9 Å². The van der Waals surface area contributed by atoms with E-state index in [1.165, 1.54) is 0 Å². The molecule has 0 aliphatic carbocycles. The summed E-state index contributed by atoms with van der Waals surface area (Å²) in [6.07, 6.45) is 1.62. The molecule has 3 N–H and O–H groups in total. The third-order valence-electron chi connectivity index (χ3n) is 4.45. The first-order valence-electron chi connectivity index (χ1n) is 8.41. The highest BCUT2D eigenvalue weighted by molar-refractivity contribution is 5.87. The minimum Gasteiger partial charge on any atom is -0.369 e. The molecule has 26 heavy (non-hydrogen) atoms. The molecule has 0 amide bonds. The Kier molecular flexibility index (Phi) is 3.93. The molecule has 0 aliphatic heterocycles. The van der Waals surface area contributed by atoms with Crippen LogP contribution in [0, 0.1) is 0 Å². The fraction of sp³-hybridized carbons (Fsp3) is 0.211. The quantitative estimate of drug-likeness (QED) is 0.589. The van der Waals surface area contributed by atoms with Crippen molar-refractivity contribution in [1.82, 2.24) is 24.4 Å². The first kappa shape index (κ1) is 16.3. The van der Waals surface area contributed by atoms with E-state index in [0.29, 0.717) is 23.4 Å². The van der Waals surface area contributed by atoms with Gasteiger partial charge in [0, 0.05) is 13.1 Å². The standard InChI is InChI=1S/C19H20N6O/c1-24(2)7-8-25-11-21-15-5-3-12(9-14(15)18(25)26)13-4-6-16-17(10-13)23-19(20)22-16/h3-6,9-11H,7-8H2,1-2H3,(H3,20,22,23). The summed E-state index contributed by atoms with van der Waals surface area (Å²) in [5.74, 6) is 0.392. The molecule has 132 valence electrons. The molecule has 0 radical (unpaired) electrons. The molecule has 0 spiro atoms. The van der Waals surface area contributed by atoms with Crippen LogP contribution in [0.1, 0.15) is 0 Å². The van der Waals surface area contributed by atoms with Gasteiger partial charge in [0.2, 0.25) is 0 Å². The molecule has 7 heteroatoms. The molecule has 0 aliphatic rings. The molecule has 0 fully saturated rings. The SMILES string of the molecule is CN(C)CCn1cnc2ccc(-c3ccc4nc(N)[nH]c4c3)cc2c1=O. The average molecular weight is 348 g/mol. The maximum Gasteiger partial charge on any atom is 0.261 e. The van der Waals surface area contributed by atoms with E-state index in [4.69, 9.17) is 5.73 Å². The topological polar surface area (TPSA) is 92.8 Å². The number of nitrogens with two attached hydrogens (primary N) is 1. The van der Waals surface area contributed by atoms with Gasteiger partial charge in [-0.25, -0.2) is 9.97 Å². The zero-order valence-electron chi connectivity index (χ0n) is 14.7. The molecule has 0 saturated carbocycles. The van der Waals surface area contributed by atoms with Crippen LogP contribution in [0.5, 0.6) is 0 Å². The third-order valence-corrected chi connectivity index (χ3v) is 4.45. The number of hydrogen-bond acceptors (Lipinski definition) is 5. The van der Waals surface area contributed by atoms with Gasteiger partial charge < -0.3 is 15.6 Å². The largest absolute Gasteiger partial charge is 0.369 e. The predicted octanol–water partition coefficient (Wildman–Crippen LogP) is 2.08. The van der Waals surface area contributed by atoms with Crippen molar-refractivity contribution in [2.75, 3.05) is 26.4 Å². The molecule has 2 aromatic carbocycles. The number of nitrogens with one attached hydrogen (secondary N) is 1. The highest BCUT2D eigenvalue weighted by Gasteiger charge is 2.08. The Balaban J connectivity index is 1.79. The summed E-state index contributed by atoms with van der Waals surface area (Å²) in [4.78, 5) is 26.5. The Morgan fingerprint density at radius 1 is 1.12 bits per heavy atom. The highest BCUT2D eigenvalue weighted by Crippen LogP contribution is 2.25. The highest BCUT2D eigenvalue weighted by atomic mass is 16.1. The Labute approximate surface area is 150 Å². The van der Waals surface area contributed by atoms with Crippen molar-refractivity contribution in [2.45, 2.75) is 6.54 Å². The van der Waals surface area contributed by atoms with Crippen LogP contribution in [0.2, 0.25) is 0 Å². The molecular formula is C19H20N6O. The number of H-pyrrole nitrogens is 1. The lowest BCUT2D eigenvalue weighted by Gasteiger charge is -2.11. The second-order valence-corrected chi connectivity index (χ2v) is 6.63. The Morgan fingerprint density at radius 2 is 1.85 bits per heavy atom. The van der Waals surface area contributed by atoms with Gasteiger partial charge in [0.25, 0.3) is 5.56 Å². The van der Waals surface area contributed by atoms with Crippen LogP contribution in [-0.2, 0) is 6.54 Å². The molecule has 0 bridgehead atoms. The number of nitrogens with zero attached hydrogens (tertiary/aromatic N) is 4. The number of nitrogen functional groups attached to an aromatic ring is 1. The van der Waals surface area contributed by atoms with E-state index in [1.807, 2.05) is 55.4 Å². The molecule has 7 nitrogen and oxygen atoms in total. The second-order valence-electron chi connectivity index (χ2n) is 6.63. The van der Waals surface area contributed by atoms with Gasteiger partial charge >= 0.3 is 0 Å². The van der Waals surface area contributed by atoms with Crippen LogP contribution < -0.4 is 11.3 Å². The lowest BCUT2D eigenvalue weighted by Crippen LogP contribution is -2.26. The Morgan fingerprint density at radius 3 is 2.62 bits per heavy atom. The van der Waals surface area contributed by atoms with Gasteiger partial charge in [0.1, 0.15) is 0 Å².